The third kappa shape index (κ3) is 3.21. The molecule has 8 nitrogen and oxygen atoms in total. The maximum absolute atomic E-state index is 13.7. The van der Waals surface area contributed by atoms with E-state index >= 15 is 0 Å². The maximum atomic E-state index is 13.7. The average molecular weight is 424 g/mol. The summed E-state index contributed by atoms with van der Waals surface area (Å²) >= 11 is 0. The van der Waals surface area contributed by atoms with E-state index in [4.69, 9.17) is 8.83 Å². The number of imidazole rings is 1. The SMILES string of the molecule is Cc1nc(C(C)(C)O)oc1C(=O)N1CCc2[nH]cnc2[C@@H]1c1cc2cc(F)ccc2o1. The van der Waals surface area contributed by atoms with Gasteiger partial charge in [-0.1, -0.05) is 0 Å². The van der Waals surface area contributed by atoms with Gasteiger partial charge in [-0.2, -0.15) is 0 Å². The van der Waals surface area contributed by atoms with Gasteiger partial charge in [0.2, 0.25) is 11.7 Å². The monoisotopic (exact) mass is 424 g/mol. The van der Waals surface area contributed by atoms with Crippen molar-refractivity contribution in [2.45, 2.75) is 38.8 Å². The second-order valence-electron chi connectivity index (χ2n) is 8.24. The van der Waals surface area contributed by atoms with Crippen LogP contribution in [0.1, 0.15) is 59.2 Å². The van der Waals surface area contributed by atoms with E-state index in [0.29, 0.717) is 41.1 Å². The van der Waals surface area contributed by atoms with Crippen molar-refractivity contribution < 1.29 is 23.1 Å². The van der Waals surface area contributed by atoms with Crippen molar-refractivity contribution in [2.24, 2.45) is 0 Å². The maximum Gasteiger partial charge on any atom is 0.292 e. The van der Waals surface area contributed by atoms with Gasteiger partial charge >= 0.3 is 0 Å². The Labute approximate surface area is 176 Å². The highest BCUT2D eigenvalue weighted by atomic mass is 19.1. The highest BCUT2D eigenvalue weighted by Crippen LogP contribution is 2.37. The predicted molar refractivity (Wildman–Crippen MR) is 108 cm³/mol. The Morgan fingerprint density at radius 2 is 2.13 bits per heavy atom. The van der Waals surface area contributed by atoms with Crippen molar-refractivity contribution in [1.29, 1.82) is 0 Å². The summed E-state index contributed by atoms with van der Waals surface area (Å²) < 4.78 is 25.3. The predicted octanol–water partition coefficient (Wildman–Crippen LogP) is 3.61. The topological polar surface area (TPSA) is 108 Å². The lowest BCUT2D eigenvalue weighted by molar-refractivity contribution is 0.0437. The summed E-state index contributed by atoms with van der Waals surface area (Å²) in [5.41, 5.74) is 1.17. The normalized spacial score (nSPS) is 16.7. The number of furan rings is 1. The van der Waals surface area contributed by atoms with E-state index in [1.165, 1.54) is 12.1 Å². The molecule has 0 unspecified atom stereocenters. The van der Waals surface area contributed by atoms with E-state index < -0.39 is 11.6 Å². The number of aryl methyl sites for hydroxylation is 1. The van der Waals surface area contributed by atoms with Crippen molar-refractivity contribution in [1.82, 2.24) is 19.9 Å². The Hall–Kier alpha value is -3.46. The molecule has 0 saturated carbocycles. The molecule has 4 heterocycles. The van der Waals surface area contributed by atoms with Gasteiger partial charge in [-0.25, -0.2) is 14.4 Å². The number of nitrogens with one attached hydrogen (secondary N) is 1. The molecular formula is C22H21FN4O4. The minimum atomic E-state index is -1.32. The smallest absolute Gasteiger partial charge is 0.292 e. The Morgan fingerprint density at radius 1 is 1.32 bits per heavy atom. The van der Waals surface area contributed by atoms with Crippen molar-refractivity contribution in [3.8, 4) is 0 Å². The zero-order valence-corrected chi connectivity index (χ0v) is 17.3. The van der Waals surface area contributed by atoms with Crippen molar-refractivity contribution in [3.05, 3.63) is 70.9 Å². The van der Waals surface area contributed by atoms with Crippen LogP contribution in [-0.4, -0.2) is 37.4 Å². The van der Waals surface area contributed by atoms with Gasteiger partial charge in [0.25, 0.3) is 5.91 Å². The number of hydrogen-bond acceptors (Lipinski definition) is 6. The molecule has 1 aliphatic rings. The third-order valence-electron chi connectivity index (χ3n) is 5.47. The van der Waals surface area contributed by atoms with E-state index in [1.54, 1.807) is 44.1 Å². The minimum absolute atomic E-state index is 0.0586. The largest absolute Gasteiger partial charge is 0.458 e. The first-order valence-electron chi connectivity index (χ1n) is 9.95. The molecule has 0 spiro atoms. The van der Waals surface area contributed by atoms with Gasteiger partial charge < -0.3 is 23.8 Å². The molecule has 1 atom stereocenters. The summed E-state index contributed by atoms with van der Waals surface area (Å²) in [5, 5.41) is 10.8. The van der Waals surface area contributed by atoms with Crippen LogP contribution in [0, 0.1) is 12.7 Å². The number of aromatic amines is 1. The van der Waals surface area contributed by atoms with Gasteiger partial charge in [0.1, 0.15) is 28.8 Å². The van der Waals surface area contributed by atoms with Crippen molar-refractivity contribution >= 4 is 16.9 Å². The number of oxazole rings is 1. The summed E-state index contributed by atoms with van der Waals surface area (Å²) in [6.45, 7) is 5.14. The number of nitrogens with zero attached hydrogens (tertiary/aromatic N) is 3. The summed E-state index contributed by atoms with van der Waals surface area (Å²) in [4.78, 5) is 26.9. The molecule has 0 bridgehead atoms. The number of aliphatic hydroxyl groups is 1. The lowest BCUT2D eigenvalue weighted by Gasteiger charge is -2.33. The van der Waals surface area contributed by atoms with E-state index in [2.05, 4.69) is 15.0 Å². The van der Waals surface area contributed by atoms with Crippen LogP contribution in [-0.2, 0) is 12.0 Å². The molecular weight excluding hydrogens is 403 g/mol. The Balaban J connectivity index is 1.60. The summed E-state index contributed by atoms with van der Waals surface area (Å²) in [6.07, 6.45) is 2.16. The molecule has 31 heavy (non-hydrogen) atoms. The number of amides is 1. The Kier molecular flexibility index (Phi) is 4.26. The number of carbonyl (C=O) groups is 1. The number of fused-ring (bicyclic) bond motifs is 2. The van der Waals surface area contributed by atoms with Crippen LogP contribution in [0.2, 0.25) is 0 Å². The van der Waals surface area contributed by atoms with Gasteiger partial charge in [-0.05, 0) is 45.0 Å². The van der Waals surface area contributed by atoms with Crippen LogP contribution in [0.15, 0.2) is 39.4 Å². The van der Waals surface area contributed by atoms with Gasteiger partial charge in [0.05, 0.1) is 17.7 Å². The number of H-pyrrole nitrogens is 1. The highest BCUT2D eigenvalue weighted by Gasteiger charge is 2.39. The Morgan fingerprint density at radius 3 is 2.87 bits per heavy atom. The lowest BCUT2D eigenvalue weighted by Crippen LogP contribution is -2.40. The van der Waals surface area contributed by atoms with E-state index in [-0.39, 0.29) is 23.4 Å². The second kappa shape index (κ2) is 6.78. The van der Waals surface area contributed by atoms with Crippen LogP contribution in [0.3, 0.4) is 0 Å². The average Bonchev–Trinajstić information content (AvgIpc) is 3.43. The van der Waals surface area contributed by atoms with Gasteiger partial charge in [0.15, 0.2) is 0 Å². The highest BCUT2D eigenvalue weighted by molar-refractivity contribution is 5.93. The van der Waals surface area contributed by atoms with E-state index in [9.17, 15) is 14.3 Å². The zero-order valence-electron chi connectivity index (χ0n) is 17.3. The number of benzene rings is 1. The van der Waals surface area contributed by atoms with Gasteiger partial charge in [0, 0.05) is 24.0 Å². The molecule has 160 valence electrons. The van der Waals surface area contributed by atoms with Gasteiger partial charge in [-0.15, -0.1) is 0 Å². The first-order valence-corrected chi connectivity index (χ1v) is 9.95. The fourth-order valence-corrected chi connectivity index (χ4v) is 3.94. The Bertz CT molecular complexity index is 1300. The number of halogens is 1. The summed E-state index contributed by atoms with van der Waals surface area (Å²) in [7, 11) is 0. The first kappa shape index (κ1) is 19.5. The minimum Gasteiger partial charge on any atom is -0.458 e. The van der Waals surface area contributed by atoms with Crippen LogP contribution in [0.4, 0.5) is 4.39 Å². The number of aromatic nitrogens is 3. The second-order valence-corrected chi connectivity index (χ2v) is 8.24. The molecule has 0 radical (unpaired) electrons. The van der Waals surface area contributed by atoms with E-state index in [1.807, 2.05) is 0 Å². The van der Waals surface area contributed by atoms with Crippen molar-refractivity contribution in [3.63, 3.8) is 0 Å². The molecule has 1 aromatic carbocycles. The first-order chi connectivity index (χ1) is 14.7. The lowest BCUT2D eigenvalue weighted by atomic mass is 9.99. The molecule has 2 N–H and O–H groups in total. The van der Waals surface area contributed by atoms with E-state index in [0.717, 1.165) is 5.69 Å². The molecule has 0 aliphatic carbocycles. The number of rotatable bonds is 3. The molecule has 1 amide bonds. The number of hydrogen-bond donors (Lipinski definition) is 2. The fraction of sp³-hybridized carbons (Fsp3) is 0.318. The molecule has 5 rings (SSSR count). The molecule has 4 aromatic rings. The quantitative estimate of drug-likeness (QED) is 0.520. The molecule has 0 fully saturated rings. The molecule has 9 heteroatoms. The number of carbonyl (C=O) groups excluding carboxylic acids is 1. The zero-order chi connectivity index (χ0) is 21.9. The standard InChI is InChI=1S/C22H21FN4O4/c1-11-19(31-21(26-11)22(2,3)29)20(28)27-7-6-14-17(25-10-24-14)18(27)16-9-12-8-13(23)4-5-15(12)30-16/h4-5,8-10,18,29H,6-7H2,1-3H3,(H,24,25)/t18-/m0/s1. The van der Waals surface area contributed by atoms with Crippen LogP contribution < -0.4 is 0 Å². The third-order valence-corrected chi connectivity index (χ3v) is 5.47. The molecule has 0 saturated heterocycles. The summed E-state index contributed by atoms with van der Waals surface area (Å²) in [6, 6.07) is 5.38. The molecule has 1 aliphatic heterocycles. The fourth-order valence-electron chi connectivity index (χ4n) is 3.94. The van der Waals surface area contributed by atoms with Crippen LogP contribution >= 0.6 is 0 Å². The molecule has 3 aromatic heterocycles. The van der Waals surface area contributed by atoms with Crippen molar-refractivity contribution in [2.75, 3.05) is 6.54 Å². The van der Waals surface area contributed by atoms with Crippen LogP contribution in [0.25, 0.3) is 11.0 Å². The van der Waals surface area contributed by atoms with Gasteiger partial charge in [-0.3, -0.25) is 4.79 Å². The summed E-state index contributed by atoms with van der Waals surface area (Å²) in [5.74, 6) is -0.147. The van der Waals surface area contributed by atoms with Crippen LogP contribution in [0.5, 0.6) is 0 Å².